The second-order valence-electron chi connectivity index (χ2n) is 7.02. The van der Waals surface area contributed by atoms with Gasteiger partial charge in [-0.15, -0.1) is 0 Å². The molecule has 1 fully saturated rings. The van der Waals surface area contributed by atoms with Gasteiger partial charge in [-0.1, -0.05) is 12.1 Å². The van der Waals surface area contributed by atoms with Crippen LogP contribution in [0.3, 0.4) is 0 Å². The van der Waals surface area contributed by atoms with Crippen LogP contribution in [0.15, 0.2) is 53.1 Å². The number of halogens is 1. The van der Waals surface area contributed by atoms with Crippen molar-refractivity contribution in [1.82, 2.24) is 9.80 Å². The Bertz CT molecular complexity index is 768. The second kappa shape index (κ2) is 6.85. The van der Waals surface area contributed by atoms with Crippen LogP contribution in [0.1, 0.15) is 25.3 Å². The standard InChI is InChI=1S/C20H24FN3O2/c1-15-12-24-18(14-23(15)13-16-4-3-5-17(21)10-16)11-22-19(24)20(25-2)6-8-26-9-7-20/h3-5,10-12,14,19H,6-9,13H2,1-2H3. The molecule has 0 aromatic heterocycles. The summed E-state index contributed by atoms with van der Waals surface area (Å²) in [4.78, 5) is 9.07. The third-order valence-corrected chi connectivity index (χ3v) is 5.43. The zero-order valence-electron chi connectivity index (χ0n) is 15.2. The van der Waals surface area contributed by atoms with Crippen LogP contribution in [0, 0.1) is 5.82 Å². The van der Waals surface area contributed by atoms with Crippen molar-refractivity contribution in [1.29, 1.82) is 0 Å². The van der Waals surface area contributed by atoms with Gasteiger partial charge >= 0.3 is 0 Å². The van der Waals surface area contributed by atoms with Gasteiger partial charge < -0.3 is 19.3 Å². The van der Waals surface area contributed by atoms with Crippen LogP contribution in [-0.4, -0.2) is 48.1 Å². The van der Waals surface area contributed by atoms with Crippen LogP contribution >= 0.6 is 0 Å². The van der Waals surface area contributed by atoms with E-state index < -0.39 is 0 Å². The molecule has 1 saturated heterocycles. The Hall–Kier alpha value is -2.18. The molecule has 138 valence electrons. The lowest BCUT2D eigenvalue weighted by Gasteiger charge is -2.44. The van der Waals surface area contributed by atoms with Crippen molar-refractivity contribution in [2.75, 3.05) is 20.3 Å². The number of nitrogens with zero attached hydrogens (tertiary/aromatic N) is 3. The first-order valence-corrected chi connectivity index (χ1v) is 8.97. The lowest BCUT2D eigenvalue weighted by Crippen LogP contribution is -2.52. The van der Waals surface area contributed by atoms with Crippen molar-refractivity contribution in [2.24, 2.45) is 4.99 Å². The number of allylic oxidation sites excluding steroid dienone is 2. The molecule has 0 N–H and O–H groups in total. The Morgan fingerprint density at radius 3 is 2.85 bits per heavy atom. The molecule has 0 amide bonds. The fourth-order valence-electron chi connectivity index (χ4n) is 3.89. The predicted octanol–water partition coefficient (Wildman–Crippen LogP) is 3.25. The number of ether oxygens (including phenoxy) is 2. The minimum absolute atomic E-state index is 0.0751. The second-order valence-corrected chi connectivity index (χ2v) is 7.02. The summed E-state index contributed by atoms with van der Waals surface area (Å²) < 4.78 is 24.9. The van der Waals surface area contributed by atoms with E-state index in [0.29, 0.717) is 19.8 Å². The minimum atomic E-state index is -0.328. The van der Waals surface area contributed by atoms with E-state index in [-0.39, 0.29) is 17.6 Å². The van der Waals surface area contributed by atoms with Crippen LogP contribution in [0.25, 0.3) is 0 Å². The Kier molecular flexibility index (Phi) is 4.54. The van der Waals surface area contributed by atoms with Gasteiger partial charge in [-0.2, -0.15) is 0 Å². The van der Waals surface area contributed by atoms with Gasteiger partial charge in [-0.25, -0.2) is 4.39 Å². The van der Waals surface area contributed by atoms with Gasteiger partial charge in [-0.05, 0) is 24.6 Å². The highest BCUT2D eigenvalue weighted by Crippen LogP contribution is 2.38. The molecule has 5 nitrogen and oxygen atoms in total. The lowest BCUT2D eigenvalue weighted by atomic mass is 9.90. The van der Waals surface area contributed by atoms with E-state index in [2.05, 4.69) is 29.1 Å². The number of aliphatic imine (C=N–C) groups is 1. The van der Waals surface area contributed by atoms with Crippen molar-refractivity contribution in [2.45, 2.75) is 38.1 Å². The molecule has 0 radical (unpaired) electrons. The maximum Gasteiger partial charge on any atom is 0.154 e. The van der Waals surface area contributed by atoms with E-state index in [0.717, 1.165) is 29.8 Å². The van der Waals surface area contributed by atoms with Gasteiger partial charge in [0.1, 0.15) is 11.4 Å². The Labute approximate surface area is 153 Å². The Balaban J connectivity index is 1.56. The van der Waals surface area contributed by atoms with Crippen molar-refractivity contribution in [3.8, 4) is 0 Å². The molecule has 0 aliphatic carbocycles. The van der Waals surface area contributed by atoms with Gasteiger partial charge in [0.05, 0.1) is 5.70 Å². The zero-order chi connectivity index (χ0) is 18.1. The highest BCUT2D eigenvalue weighted by molar-refractivity contribution is 5.81. The van der Waals surface area contributed by atoms with Crippen LogP contribution < -0.4 is 0 Å². The number of benzene rings is 1. The zero-order valence-corrected chi connectivity index (χ0v) is 15.2. The summed E-state index contributed by atoms with van der Waals surface area (Å²) in [7, 11) is 1.76. The summed E-state index contributed by atoms with van der Waals surface area (Å²) in [6.45, 7) is 4.08. The molecule has 6 heteroatoms. The highest BCUT2D eigenvalue weighted by atomic mass is 19.1. The van der Waals surface area contributed by atoms with E-state index in [1.807, 2.05) is 12.3 Å². The van der Waals surface area contributed by atoms with Crippen LogP contribution in [0.5, 0.6) is 0 Å². The largest absolute Gasteiger partial charge is 0.381 e. The molecule has 0 saturated carbocycles. The first-order chi connectivity index (χ1) is 12.6. The Morgan fingerprint density at radius 2 is 2.12 bits per heavy atom. The summed E-state index contributed by atoms with van der Waals surface area (Å²) in [5.74, 6) is -0.209. The number of hydrogen-bond donors (Lipinski definition) is 0. The average Bonchev–Trinajstić information content (AvgIpc) is 3.06. The first-order valence-electron chi connectivity index (χ1n) is 8.97. The quantitative estimate of drug-likeness (QED) is 0.829. The van der Waals surface area contributed by atoms with Gasteiger partial charge in [0.2, 0.25) is 0 Å². The molecule has 0 bridgehead atoms. The van der Waals surface area contributed by atoms with Gasteiger partial charge in [0.15, 0.2) is 6.17 Å². The maximum absolute atomic E-state index is 13.5. The molecule has 3 aliphatic heterocycles. The molecule has 0 spiro atoms. The number of rotatable bonds is 4. The van der Waals surface area contributed by atoms with Crippen molar-refractivity contribution in [3.63, 3.8) is 0 Å². The highest BCUT2D eigenvalue weighted by Gasteiger charge is 2.46. The molecule has 26 heavy (non-hydrogen) atoms. The number of hydrogen-bond acceptors (Lipinski definition) is 5. The normalized spacial score (nSPS) is 24.3. The molecule has 1 aromatic rings. The molecular formula is C20H24FN3O2. The fourth-order valence-corrected chi connectivity index (χ4v) is 3.89. The van der Waals surface area contributed by atoms with Crippen molar-refractivity contribution in [3.05, 3.63) is 59.4 Å². The van der Waals surface area contributed by atoms with Crippen LogP contribution in [0.2, 0.25) is 0 Å². The van der Waals surface area contributed by atoms with E-state index in [9.17, 15) is 4.39 Å². The summed E-state index contributed by atoms with van der Waals surface area (Å²) >= 11 is 0. The first kappa shape index (κ1) is 17.2. The molecule has 3 heterocycles. The maximum atomic E-state index is 13.5. The summed E-state index contributed by atoms with van der Waals surface area (Å²) in [6.07, 6.45) is 7.68. The van der Waals surface area contributed by atoms with Crippen molar-refractivity contribution < 1.29 is 13.9 Å². The average molecular weight is 357 g/mol. The molecule has 1 aromatic carbocycles. The summed E-state index contributed by atoms with van der Waals surface area (Å²) in [5, 5.41) is 0. The molecule has 4 rings (SSSR count). The molecule has 1 atom stereocenters. The number of methoxy groups -OCH3 is 1. The van der Waals surface area contributed by atoms with Gasteiger partial charge in [0.25, 0.3) is 0 Å². The van der Waals surface area contributed by atoms with E-state index in [1.54, 1.807) is 19.2 Å². The summed E-state index contributed by atoms with van der Waals surface area (Å²) in [6, 6.07) is 6.73. The van der Waals surface area contributed by atoms with Gasteiger partial charge in [0, 0.05) is 64.0 Å². The summed E-state index contributed by atoms with van der Waals surface area (Å²) in [5.41, 5.74) is 2.73. The van der Waals surface area contributed by atoms with E-state index in [1.165, 1.54) is 6.07 Å². The Morgan fingerprint density at radius 1 is 1.31 bits per heavy atom. The van der Waals surface area contributed by atoms with E-state index >= 15 is 0 Å². The molecule has 3 aliphatic rings. The fraction of sp³-hybridized carbons (Fsp3) is 0.450. The van der Waals surface area contributed by atoms with E-state index in [4.69, 9.17) is 14.5 Å². The minimum Gasteiger partial charge on any atom is -0.381 e. The third kappa shape index (κ3) is 3.04. The van der Waals surface area contributed by atoms with Crippen molar-refractivity contribution >= 4 is 6.21 Å². The number of fused-ring (bicyclic) bond motifs is 1. The smallest absolute Gasteiger partial charge is 0.154 e. The topological polar surface area (TPSA) is 37.3 Å². The lowest BCUT2D eigenvalue weighted by molar-refractivity contribution is -0.120. The predicted molar refractivity (Wildman–Crippen MR) is 97.7 cm³/mol. The SMILES string of the molecule is COC1(C2N=CC3=CN(Cc4cccc(F)c4)C(C)=CN32)CCOCC1. The third-order valence-electron chi connectivity index (χ3n) is 5.43. The van der Waals surface area contributed by atoms with Crippen LogP contribution in [0.4, 0.5) is 4.39 Å². The molecular weight excluding hydrogens is 333 g/mol. The van der Waals surface area contributed by atoms with Crippen LogP contribution in [-0.2, 0) is 16.0 Å². The molecule has 1 unspecified atom stereocenters. The van der Waals surface area contributed by atoms with Gasteiger partial charge in [-0.3, -0.25) is 4.99 Å². The monoisotopic (exact) mass is 357 g/mol.